The summed E-state index contributed by atoms with van der Waals surface area (Å²) in [7, 11) is 0. The van der Waals surface area contributed by atoms with Gasteiger partial charge >= 0.3 is 0 Å². The topological polar surface area (TPSA) is 75.5 Å². The fraction of sp³-hybridized carbons (Fsp3) is 0.235. The molecule has 1 fully saturated rings. The van der Waals surface area contributed by atoms with Crippen LogP contribution in [-0.2, 0) is 11.3 Å². The van der Waals surface area contributed by atoms with Crippen molar-refractivity contribution >= 4 is 38.9 Å². The summed E-state index contributed by atoms with van der Waals surface area (Å²) >= 11 is 3.24. The fourth-order valence-electron chi connectivity index (χ4n) is 2.72. The fourth-order valence-corrected chi connectivity index (χ4v) is 3.07. The lowest BCUT2D eigenvalue weighted by Crippen LogP contribution is -2.23. The SMILES string of the molecule is O=C1CCCN1c1ccc(CNc2ccc(Br)cc2[N+](=O)[O-])cc1. The van der Waals surface area contributed by atoms with Gasteiger partial charge in [0.25, 0.3) is 5.69 Å². The van der Waals surface area contributed by atoms with Gasteiger partial charge in [0.05, 0.1) is 4.92 Å². The number of carbonyl (C=O) groups is 1. The number of carbonyl (C=O) groups excluding carboxylic acids is 1. The van der Waals surface area contributed by atoms with Gasteiger partial charge < -0.3 is 10.2 Å². The Morgan fingerprint density at radius 1 is 1.21 bits per heavy atom. The van der Waals surface area contributed by atoms with Crippen molar-refractivity contribution in [2.24, 2.45) is 0 Å². The maximum atomic E-state index is 11.7. The van der Waals surface area contributed by atoms with Gasteiger partial charge in [-0.1, -0.05) is 28.1 Å². The highest BCUT2D eigenvalue weighted by atomic mass is 79.9. The van der Waals surface area contributed by atoms with E-state index >= 15 is 0 Å². The van der Waals surface area contributed by atoms with Crippen LogP contribution in [0.3, 0.4) is 0 Å². The highest BCUT2D eigenvalue weighted by Crippen LogP contribution is 2.28. The summed E-state index contributed by atoms with van der Waals surface area (Å²) in [5.74, 6) is 0.159. The van der Waals surface area contributed by atoms with Crippen molar-refractivity contribution in [1.29, 1.82) is 0 Å². The first-order chi connectivity index (χ1) is 11.5. The van der Waals surface area contributed by atoms with E-state index in [4.69, 9.17) is 0 Å². The molecule has 1 aliphatic rings. The molecule has 0 bridgehead atoms. The zero-order chi connectivity index (χ0) is 17.1. The van der Waals surface area contributed by atoms with Crippen LogP contribution >= 0.6 is 15.9 Å². The number of nitrogens with zero attached hydrogens (tertiary/aromatic N) is 2. The van der Waals surface area contributed by atoms with Gasteiger partial charge in [0.2, 0.25) is 5.91 Å². The largest absolute Gasteiger partial charge is 0.375 e. The Bertz CT molecular complexity index is 777. The minimum atomic E-state index is -0.408. The summed E-state index contributed by atoms with van der Waals surface area (Å²) in [5.41, 5.74) is 2.39. The van der Waals surface area contributed by atoms with Gasteiger partial charge in [-0.15, -0.1) is 0 Å². The average molecular weight is 390 g/mol. The van der Waals surface area contributed by atoms with E-state index in [1.807, 2.05) is 24.3 Å². The molecular formula is C17H16BrN3O3. The van der Waals surface area contributed by atoms with Crippen molar-refractivity contribution in [3.05, 3.63) is 62.6 Å². The first kappa shape index (κ1) is 16.4. The molecule has 0 radical (unpaired) electrons. The zero-order valence-electron chi connectivity index (χ0n) is 12.9. The van der Waals surface area contributed by atoms with Crippen molar-refractivity contribution in [1.82, 2.24) is 0 Å². The van der Waals surface area contributed by atoms with E-state index in [0.717, 1.165) is 24.2 Å². The molecule has 0 saturated carbocycles. The Hall–Kier alpha value is -2.41. The van der Waals surface area contributed by atoms with Gasteiger partial charge in [-0.25, -0.2) is 0 Å². The molecule has 7 heteroatoms. The molecule has 0 unspecified atom stereocenters. The summed E-state index contributed by atoms with van der Waals surface area (Å²) in [4.78, 5) is 24.2. The van der Waals surface area contributed by atoms with Crippen molar-refractivity contribution in [3.8, 4) is 0 Å². The number of halogens is 1. The standard InChI is InChI=1S/C17H16BrN3O3/c18-13-5-8-15(16(10-13)21(23)24)19-11-12-3-6-14(7-4-12)20-9-1-2-17(20)22/h3-8,10,19H,1-2,9,11H2. The predicted octanol–water partition coefficient (Wildman–Crippen LogP) is 4.10. The Kier molecular flexibility index (Phi) is 4.80. The maximum Gasteiger partial charge on any atom is 0.293 e. The summed E-state index contributed by atoms with van der Waals surface area (Å²) in [6.45, 7) is 1.23. The number of amides is 1. The summed E-state index contributed by atoms with van der Waals surface area (Å²) in [6.07, 6.45) is 1.51. The van der Waals surface area contributed by atoms with Crippen LogP contribution in [0.5, 0.6) is 0 Å². The Balaban J connectivity index is 1.69. The van der Waals surface area contributed by atoms with E-state index in [-0.39, 0.29) is 11.6 Å². The molecule has 1 aliphatic heterocycles. The lowest BCUT2D eigenvalue weighted by molar-refractivity contribution is -0.384. The zero-order valence-corrected chi connectivity index (χ0v) is 14.5. The average Bonchev–Trinajstić information content (AvgIpc) is 3.00. The lowest BCUT2D eigenvalue weighted by Gasteiger charge is -2.16. The second-order valence-electron chi connectivity index (χ2n) is 5.59. The predicted molar refractivity (Wildman–Crippen MR) is 96.2 cm³/mol. The molecular weight excluding hydrogens is 374 g/mol. The second-order valence-corrected chi connectivity index (χ2v) is 6.50. The highest BCUT2D eigenvalue weighted by Gasteiger charge is 2.21. The second kappa shape index (κ2) is 7.00. The molecule has 0 atom stereocenters. The van der Waals surface area contributed by atoms with E-state index in [2.05, 4.69) is 21.2 Å². The number of nitro benzene ring substituents is 1. The molecule has 2 aromatic rings. The number of rotatable bonds is 5. The van der Waals surface area contributed by atoms with Gasteiger partial charge in [-0.05, 0) is 36.2 Å². The molecule has 3 rings (SSSR count). The third-order valence-electron chi connectivity index (χ3n) is 3.96. The van der Waals surface area contributed by atoms with Crippen molar-refractivity contribution < 1.29 is 9.72 Å². The van der Waals surface area contributed by atoms with Gasteiger partial charge in [0.1, 0.15) is 5.69 Å². The van der Waals surface area contributed by atoms with Crippen molar-refractivity contribution in [3.63, 3.8) is 0 Å². The normalized spacial score (nSPS) is 14.0. The van der Waals surface area contributed by atoms with E-state index < -0.39 is 4.92 Å². The van der Waals surface area contributed by atoms with Gasteiger partial charge in [0.15, 0.2) is 0 Å². The molecule has 2 aromatic carbocycles. The number of benzene rings is 2. The molecule has 0 aromatic heterocycles. The number of anilines is 2. The van der Waals surface area contributed by atoms with Crippen LogP contribution in [0.25, 0.3) is 0 Å². The van der Waals surface area contributed by atoms with Gasteiger partial charge in [-0.2, -0.15) is 0 Å². The molecule has 1 heterocycles. The number of hydrogen-bond acceptors (Lipinski definition) is 4. The first-order valence-electron chi connectivity index (χ1n) is 7.62. The van der Waals surface area contributed by atoms with Crippen LogP contribution in [0.1, 0.15) is 18.4 Å². The van der Waals surface area contributed by atoms with Crippen LogP contribution in [0.15, 0.2) is 46.9 Å². The van der Waals surface area contributed by atoms with Crippen molar-refractivity contribution in [2.75, 3.05) is 16.8 Å². The molecule has 124 valence electrons. The highest BCUT2D eigenvalue weighted by molar-refractivity contribution is 9.10. The van der Waals surface area contributed by atoms with Crippen LogP contribution < -0.4 is 10.2 Å². The molecule has 1 N–H and O–H groups in total. The van der Waals surface area contributed by atoms with E-state index in [9.17, 15) is 14.9 Å². The molecule has 6 nitrogen and oxygen atoms in total. The third kappa shape index (κ3) is 3.56. The van der Waals surface area contributed by atoms with Crippen LogP contribution in [-0.4, -0.2) is 17.4 Å². The number of nitrogens with one attached hydrogen (secondary N) is 1. The number of nitro groups is 1. The summed E-state index contributed by atoms with van der Waals surface area (Å²) in [6, 6.07) is 12.6. The van der Waals surface area contributed by atoms with Crippen LogP contribution in [0.2, 0.25) is 0 Å². The van der Waals surface area contributed by atoms with E-state index in [1.165, 1.54) is 6.07 Å². The smallest absolute Gasteiger partial charge is 0.293 e. The quantitative estimate of drug-likeness (QED) is 0.616. The Morgan fingerprint density at radius 2 is 1.96 bits per heavy atom. The minimum absolute atomic E-state index is 0.0312. The lowest BCUT2D eigenvalue weighted by atomic mass is 10.2. The molecule has 0 aliphatic carbocycles. The van der Waals surface area contributed by atoms with Crippen LogP contribution in [0, 0.1) is 10.1 Å². The summed E-state index contributed by atoms with van der Waals surface area (Å²) < 4.78 is 0.666. The number of hydrogen-bond donors (Lipinski definition) is 1. The third-order valence-corrected chi connectivity index (χ3v) is 4.45. The van der Waals surface area contributed by atoms with E-state index in [0.29, 0.717) is 23.1 Å². The van der Waals surface area contributed by atoms with Gasteiger partial charge in [0, 0.05) is 35.7 Å². The minimum Gasteiger partial charge on any atom is -0.375 e. The molecule has 1 saturated heterocycles. The molecule has 1 amide bonds. The maximum absolute atomic E-state index is 11.7. The van der Waals surface area contributed by atoms with Gasteiger partial charge in [-0.3, -0.25) is 14.9 Å². The monoisotopic (exact) mass is 389 g/mol. The Morgan fingerprint density at radius 3 is 2.58 bits per heavy atom. The van der Waals surface area contributed by atoms with E-state index in [1.54, 1.807) is 17.0 Å². The molecule has 0 spiro atoms. The molecule has 24 heavy (non-hydrogen) atoms. The van der Waals surface area contributed by atoms with Crippen molar-refractivity contribution in [2.45, 2.75) is 19.4 Å². The Labute approximate surface area is 147 Å². The first-order valence-corrected chi connectivity index (χ1v) is 8.41. The summed E-state index contributed by atoms with van der Waals surface area (Å²) in [5, 5.41) is 14.2. The van der Waals surface area contributed by atoms with Crippen LogP contribution in [0.4, 0.5) is 17.1 Å².